The number of nitrogens with zero attached hydrogens (tertiary/aromatic N) is 3. The molecular formula is C29H44N4O3. The Balaban J connectivity index is 1.51. The number of imidazole rings is 1. The van der Waals surface area contributed by atoms with E-state index in [0.29, 0.717) is 24.9 Å². The van der Waals surface area contributed by atoms with Gasteiger partial charge in [0.2, 0.25) is 0 Å². The molecule has 2 aliphatic rings. The smallest absolute Gasteiger partial charge is 0.410 e. The van der Waals surface area contributed by atoms with Crippen LogP contribution in [0.4, 0.5) is 4.79 Å². The first-order chi connectivity index (χ1) is 17.1. The summed E-state index contributed by atoms with van der Waals surface area (Å²) in [7, 11) is 0. The van der Waals surface area contributed by atoms with E-state index in [1.54, 1.807) is 4.90 Å². The summed E-state index contributed by atoms with van der Waals surface area (Å²) >= 11 is 0. The van der Waals surface area contributed by atoms with E-state index in [2.05, 4.69) is 36.7 Å². The van der Waals surface area contributed by atoms with Gasteiger partial charge in [-0.25, -0.2) is 9.78 Å². The number of ether oxygens (including phenoxy) is 1. The lowest BCUT2D eigenvalue weighted by molar-refractivity contribution is 0.0199. The monoisotopic (exact) mass is 496 g/mol. The molecule has 1 saturated carbocycles. The summed E-state index contributed by atoms with van der Waals surface area (Å²) < 4.78 is 7.92. The summed E-state index contributed by atoms with van der Waals surface area (Å²) in [5.74, 6) is 2.22. The third-order valence-electron chi connectivity index (χ3n) is 7.40. The highest BCUT2D eigenvalue weighted by Crippen LogP contribution is 2.37. The van der Waals surface area contributed by atoms with Gasteiger partial charge in [-0.15, -0.1) is 0 Å². The molecule has 1 aliphatic carbocycles. The lowest BCUT2D eigenvalue weighted by atomic mass is 10.0. The van der Waals surface area contributed by atoms with Gasteiger partial charge in [0.25, 0.3) is 5.91 Å². The predicted molar refractivity (Wildman–Crippen MR) is 143 cm³/mol. The molecule has 36 heavy (non-hydrogen) atoms. The Hall–Kier alpha value is -2.57. The quantitative estimate of drug-likeness (QED) is 0.529. The summed E-state index contributed by atoms with van der Waals surface area (Å²) in [5.41, 5.74) is 3.42. The molecule has 1 saturated heterocycles. The number of aryl methyl sites for hydroxylation is 1. The van der Waals surface area contributed by atoms with Crippen LogP contribution in [0.2, 0.25) is 0 Å². The van der Waals surface area contributed by atoms with Crippen molar-refractivity contribution in [3.8, 4) is 0 Å². The number of likely N-dealkylation sites (tertiary alicyclic amines) is 1. The average molecular weight is 497 g/mol. The lowest BCUT2D eigenvalue weighted by Gasteiger charge is -2.33. The van der Waals surface area contributed by atoms with Crippen LogP contribution in [0.3, 0.4) is 0 Å². The van der Waals surface area contributed by atoms with Crippen LogP contribution in [0, 0.1) is 5.92 Å². The van der Waals surface area contributed by atoms with E-state index >= 15 is 0 Å². The molecule has 1 aromatic carbocycles. The molecule has 2 amide bonds. The van der Waals surface area contributed by atoms with Gasteiger partial charge in [-0.3, -0.25) is 4.79 Å². The number of fused-ring (bicyclic) bond motifs is 1. The number of piperidine rings is 1. The first kappa shape index (κ1) is 26.5. The van der Waals surface area contributed by atoms with Crippen LogP contribution in [-0.2, 0) is 17.7 Å². The molecule has 0 bridgehead atoms. The van der Waals surface area contributed by atoms with E-state index in [-0.39, 0.29) is 18.0 Å². The van der Waals surface area contributed by atoms with E-state index in [4.69, 9.17) is 9.72 Å². The second-order valence-electron chi connectivity index (χ2n) is 12.0. The third kappa shape index (κ3) is 5.87. The van der Waals surface area contributed by atoms with Crippen molar-refractivity contribution < 1.29 is 14.3 Å². The molecule has 2 heterocycles. The molecule has 2 aromatic rings. The van der Waals surface area contributed by atoms with Gasteiger partial charge in [-0.05, 0) is 76.5 Å². The second kappa shape index (κ2) is 10.8. The molecule has 2 fully saturated rings. The highest BCUT2D eigenvalue weighted by molar-refractivity contribution is 6.00. The Morgan fingerprint density at radius 1 is 1.11 bits per heavy atom. The summed E-state index contributed by atoms with van der Waals surface area (Å²) in [4.78, 5) is 32.7. The van der Waals surface area contributed by atoms with E-state index in [1.807, 2.05) is 26.8 Å². The molecule has 1 aliphatic heterocycles. The van der Waals surface area contributed by atoms with Gasteiger partial charge in [0.05, 0.1) is 11.0 Å². The van der Waals surface area contributed by atoms with Crippen molar-refractivity contribution in [1.82, 2.24) is 19.8 Å². The molecule has 0 spiro atoms. The molecule has 7 heteroatoms. The van der Waals surface area contributed by atoms with Crippen molar-refractivity contribution >= 4 is 23.0 Å². The molecule has 1 aromatic heterocycles. The van der Waals surface area contributed by atoms with E-state index in [0.717, 1.165) is 48.0 Å². The summed E-state index contributed by atoms with van der Waals surface area (Å²) in [5, 5.41) is 3.24. The zero-order valence-electron chi connectivity index (χ0n) is 23.0. The largest absolute Gasteiger partial charge is 0.444 e. The maximum Gasteiger partial charge on any atom is 0.410 e. The molecule has 0 unspecified atom stereocenters. The third-order valence-corrected chi connectivity index (χ3v) is 7.40. The van der Waals surface area contributed by atoms with Crippen molar-refractivity contribution in [3.63, 3.8) is 0 Å². The summed E-state index contributed by atoms with van der Waals surface area (Å²) in [6.45, 7) is 14.4. The minimum atomic E-state index is -0.503. The SMILES string of the molecule is CCc1c(C(=O)NC2CCN(C(=O)OC(C)(C)C)CC2)ccc2c1nc(C1CCCC1)n2CC(C)C. The van der Waals surface area contributed by atoms with Crippen molar-refractivity contribution in [1.29, 1.82) is 0 Å². The standard InChI is InChI=1S/C29H44N4O3/c1-7-22-23(27(34)30-21-14-16-32(17-15-21)28(35)36-29(4,5)6)12-13-24-25(22)31-26(20-10-8-9-11-20)33(24)18-19(2)3/h12-13,19-21H,7-11,14-18H2,1-6H3,(H,30,34). The zero-order chi connectivity index (χ0) is 26.0. The Bertz CT molecular complexity index is 1080. The number of aromatic nitrogens is 2. The minimum Gasteiger partial charge on any atom is -0.444 e. The van der Waals surface area contributed by atoms with Crippen LogP contribution < -0.4 is 5.32 Å². The van der Waals surface area contributed by atoms with Gasteiger partial charge in [-0.1, -0.05) is 33.6 Å². The van der Waals surface area contributed by atoms with Crippen molar-refractivity contribution in [2.75, 3.05) is 13.1 Å². The average Bonchev–Trinajstić information content (AvgIpc) is 3.45. The second-order valence-corrected chi connectivity index (χ2v) is 12.0. The fraction of sp³-hybridized carbons (Fsp3) is 0.690. The Morgan fingerprint density at radius 2 is 1.78 bits per heavy atom. The molecule has 1 N–H and O–H groups in total. The van der Waals surface area contributed by atoms with Gasteiger partial charge in [0, 0.05) is 37.2 Å². The number of rotatable bonds is 6. The van der Waals surface area contributed by atoms with E-state index in [1.165, 1.54) is 31.5 Å². The zero-order valence-corrected chi connectivity index (χ0v) is 23.0. The van der Waals surface area contributed by atoms with Crippen LogP contribution >= 0.6 is 0 Å². The molecule has 0 atom stereocenters. The fourth-order valence-corrected chi connectivity index (χ4v) is 5.68. The van der Waals surface area contributed by atoms with Crippen LogP contribution in [-0.4, -0.2) is 51.2 Å². The number of carbonyl (C=O) groups is 2. The molecule has 0 radical (unpaired) electrons. The number of hydrogen-bond acceptors (Lipinski definition) is 4. The fourth-order valence-electron chi connectivity index (χ4n) is 5.68. The van der Waals surface area contributed by atoms with Crippen LogP contribution in [0.15, 0.2) is 12.1 Å². The summed E-state index contributed by atoms with van der Waals surface area (Å²) in [6.07, 6.45) is 6.90. The maximum atomic E-state index is 13.4. The molecule has 7 nitrogen and oxygen atoms in total. The van der Waals surface area contributed by atoms with E-state index in [9.17, 15) is 9.59 Å². The van der Waals surface area contributed by atoms with Crippen molar-refractivity contribution in [2.45, 2.75) is 111 Å². The number of carbonyl (C=O) groups excluding carboxylic acids is 2. The van der Waals surface area contributed by atoms with Gasteiger partial charge < -0.3 is 19.5 Å². The maximum absolute atomic E-state index is 13.4. The number of nitrogens with one attached hydrogen (secondary N) is 1. The lowest BCUT2D eigenvalue weighted by Crippen LogP contribution is -2.47. The Kier molecular flexibility index (Phi) is 7.96. The van der Waals surface area contributed by atoms with Crippen LogP contribution in [0.5, 0.6) is 0 Å². The normalized spacial score (nSPS) is 17.8. The number of amides is 2. The Labute approximate surface area is 216 Å². The van der Waals surface area contributed by atoms with Gasteiger partial charge in [-0.2, -0.15) is 0 Å². The summed E-state index contributed by atoms with van der Waals surface area (Å²) in [6, 6.07) is 4.13. The Morgan fingerprint density at radius 3 is 2.36 bits per heavy atom. The van der Waals surface area contributed by atoms with E-state index < -0.39 is 5.60 Å². The van der Waals surface area contributed by atoms with Crippen LogP contribution in [0.1, 0.15) is 108 Å². The predicted octanol–water partition coefficient (Wildman–Crippen LogP) is 6.04. The topological polar surface area (TPSA) is 76.5 Å². The molecular weight excluding hydrogens is 452 g/mol. The number of hydrogen-bond donors (Lipinski definition) is 1. The first-order valence-electron chi connectivity index (χ1n) is 13.9. The van der Waals surface area contributed by atoms with Crippen molar-refractivity contribution in [3.05, 3.63) is 29.1 Å². The highest BCUT2D eigenvalue weighted by atomic mass is 16.6. The van der Waals surface area contributed by atoms with Crippen LogP contribution in [0.25, 0.3) is 11.0 Å². The highest BCUT2D eigenvalue weighted by Gasteiger charge is 2.29. The van der Waals surface area contributed by atoms with Gasteiger partial charge in [0.1, 0.15) is 11.4 Å². The first-order valence-corrected chi connectivity index (χ1v) is 13.9. The van der Waals surface area contributed by atoms with Gasteiger partial charge >= 0.3 is 6.09 Å². The van der Waals surface area contributed by atoms with Crippen molar-refractivity contribution in [2.24, 2.45) is 5.92 Å². The number of benzene rings is 1. The van der Waals surface area contributed by atoms with Gasteiger partial charge in [0.15, 0.2) is 0 Å². The molecule has 198 valence electrons. The minimum absolute atomic E-state index is 0.0368. The molecule has 4 rings (SSSR count).